The average Bonchev–Trinajstić information content (AvgIpc) is 3.25. The van der Waals surface area contributed by atoms with Crippen molar-refractivity contribution >= 4 is 28.4 Å². The van der Waals surface area contributed by atoms with E-state index in [1.165, 1.54) is 6.20 Å². The molecule has 2 aromatic carbocycles. The van der Waals surface area contributed by atoms with Crippen LogP contribution in [0.15, 0.2) is 47.4 Å². The highest BCUT2D eigenvalue weighted by Gasteiger charge is 2.21. The zero-order valence-corrected chi connectivity index (χ0v) is 17.1. The summed E-state index contributed by atoms with van der Waals surface area (Å²) in [5, 5.41) is 5.53. The smallest absolute Gasteiger partial charge is 0.257 e. The molecule has 1 aromatic heterocycles. The summed E-state index contributed by atoms with van der Waals surface area (Å²) in [7, 11) is 1.55. The van der Waals surface area contributed by atoms with E-state index in [9.17, 15) is 14.4 Å². The lowest BCUT2D eigenvalue weighted by Crippen LogP contribution is -2.35. The molecule has 0 aliphatic carbocycles. The third kappa shape index (κ3) is 4.02. The highest BCUT2D eigenvalue weighted by molar-refractivity contribution is 6.01. The number of nitrogens with one attached hydrogen (secondary N) is 2. The van der Waals surface area contributed by atoms with Crippen LogP contribution in [0.5, 0.6) is 17.2 Å². The Morgan fingerprint density at radius 2 is 1.84 bits per heavy atom. The van der Waals surface area contributed by atoms with Crippen LogP contribution < -0.4 is 30.3 Å². The molecular formula is C22H21N3O6. The van der Waals surface area contributed by atoms with Gasteiger partial charge in [0.25, 0.3) is 5.91 Å². The van der Waals surface area contributed by atoms with Crippen LogP contribution in [0.3, 0.4) is 0 Å². The zero-order valence-electron chi connectivity index (χ0n) is 17.1. The minimum Gasteiger partial charge on any atom is -0.497 e. The van der Waals surface area contributed by atoms with E-state index in [0.717, 1.165) is 0 Å². The number of carbonyl (C=O) groups excluding carboxylic acids is 2. The highest BCUT2D eigenvalue weighted by atomic mass is 16.7. The number of rotatable bonds is 6. The molecule has 2 N–H and O–H groups in total. The molecule has 1 aliphatic heterocycles. The van der Waals surface area contributed by atoms with E-state index in [2.05, 4.69) is 10.6 Å². The Bertz CT molecular complexity index is 1220. The summed E-state index contributed by atoms with van der Waals surface area (Å²) < 4.78 is 17.6. The first-order chi connectivity index (χ1) is 15.0. The molecule has 2 heterocycles. The summed E-state index contributed by atoms with van der Waals surface area (Å²) in [6.45, 7) is 2.24. The van der Waals surface area contributed by atoms with E-state index in [0.29, 0.717) is 40.4 Å². The number of benzene rings is 2. The molecule has 4 rings (SSSR count). The first-order valence-electron chi connectivity index (χ1n) is 9.69. The normalized spacial score (nSPS) is 11.9. The molecule has 0 atom stereocenters. The minimum atomic E-state index is -0.628. The SMILES string of the molecule is CCn1cc(C(=O)NCC(=O)Nc2ccc(OC)cc2)c(=O)c2cc3c(cc21)OCO3. The maximum absolute atomic E-state index is 13.0. The van der Waals surface area contributed by atoms with Crippen molar-refractivity contribution in [2.24, 2.45) is 0 Å². The predicted molar refractivity (Wildman–Crippen MR) is 114 cm³/mol. The summed E-state index contributed by atoms with van der Waals surface area (Å²) in [4.78, 5) is 37.8. The van der Waals surface area contributed by atoms with E-state index in [-0.39, 0.29) is 18.9 Å². The van der Waals surface area contributed by atoms with Crippen LogP contribution in [0.2, 0.25) is 0 Å². The molecule has 0 saturated heterocycles. The third-order valence-corrected chi connectivity index (χ3v) is 4.94. The number of fused-ring (bicyclic) bond motifs is 2. The van der Waals surface area contributed by atoms with Crippen LogP contribution in [0.25, 0.3) is 10.9 Å². The average molecular weight is 423 g/mol. The van der Waals surface area contributed by atoms with Gasteiger partial charge in [-0.2, -0.15) is 0 Å². The minimum absolute atomic E-state index is 0.0505. The van der Waals surface area contributed by atoms with Crippen LogP contribution in [-0.4, -0.2) is 36.8 Å². The van der Waals surface area contributed by atoms with E-state index in [1.54, 1.807) is 48.1 Å². The number of ether oxygens (including phenoxy) is 3. The molecule has 0 unspecified atom stereocenters. The van der Waals surface area contributed by atoms with E-state index >= 15 is 0 Å². The van der Waals surface area contributed by atoms with Gasteiger partial charge in [-0.05, 0) is 37.3 Å². The van der Waals surface area contributed by atoms with Crippen molar-refractivity contribution in [3.05, 3.63) is 58.4 Å². The lowest BCUT2D eigenvalue weighted by molar-refractivity contribution is -0.115. The fraction of sp³-hybridized carbons (Fsp3) is 0.227. The highest BCUT2D eigenvalue weighted by Crippen LogP contribution is 2.35. The van der Waals surface area contributed by atoms with Crippen LogP contribution in [0, 0.1) is 0 Å². The van der Waals surface area contributed by atoms with Crippen molar-refractivity contribution in [3.8, 4) is 17.2 Å². The van der Waals surface area contributed by atoms with Gasteiger partial charge in [0.05, 0.1) is 24.6 Å². The monoisotopic (exact) mass is 423 g/mol. The number of aromatic nitrogens is 1. The number of amides is 2. The molecule has 160 valence electrons. The first-order valence-corrected chi connectivity index (χ1v) is 9.69. The number of nitrogens with zero attached hydrogens (tertiary/aromatic N) is 1. The first kappa shape index (κ1) is 20.3. The molecule has 9 heteroatoms. The largest absolute Gasteiger partial charge is 0.497 e. The Morgan fingerprint density at radius 1 is 1.13 bits per heavy atom. The second-order valence-electron chi connectivity index (χ2n) is 6.84. The zero-order chi connectivity index (χ0) is 22.0. The maximum atomic E-state index is 13.0. The predicted octanol–water partition coefficient (Wildman–Crippen LogP) is 2.13. The van der Waals surface area contributed by atoms with E-state index in [1.807, 2.05) is 6.92 Å². The van der Waals surface area contributed by atoms with E-state index in [4.69, 9.17) is 14.2 Å². The van der Waals surface area contributed by atoms with Gasteiger partial charge in [-0.25, -0.2) is 0 Å². The Labute approximate surface area is 177 Å². The number of hydrogen-bond acceptors (Lipinski definition) is 6. The van der Waals surface area contributed by atoms with Crippen molar-refractivity contribution in [2.45, 2.75) is 13.5 Å². The third-order valence-electron chi connectivity index (χ3n) is 4.94. The Hall–Kier alpha value is -4.01. The lowest BCUT2D eigenvalue weighted by atomic mass is 10.1. The Kier molecular flexibility index (Phi) is 5.48. The maximum Gasteiger partial charge on any atom is 0.257 e. The van der Waals surface area contributed by atoms with Crippen LogP contribution >= 0.6 is 0 Å². The molecule has 0 bridgehead atoms. The number of aryl methyl sites for hydroxylation is 1. The Morgan fingerprint density at radius 3 is 2.52 bits per heavy atom. The van der Waals surface area contributed by atoms with Crippen LogP contribution in [0.4, 0.5) is 5.69 Å². The van der Waals surface area contributed by atoms with Crippen molar-refractivity contribution in [3.63, 3.8) is 0 Å². The molecule has 0 radical (unpaired) electrons. The quantitative estimate of drug-likeness (QED) is 0.629. The molecule has 1 aliphatic rings. The van der Waals surface area contributed by atoms with Gasteiger partial charge in [0.15, 0.2) is 11.5 Å². The van der Waals surface area contributed by atoms with Gasteiger partial charge < -0.3 is 29.4 Å². The number of methoxy groups -OCH3 is 1. The van der Waals surface area contributed by atoms with Gasteiger partial charge in [0.2, 0.25) is 18.1 Å². The Balaban J connectivity index is 1.52. The standard InChI is InChI=1S/C22H21N3O6/c1-3-25-11-16(21(27)15-8-18-19(9-17(15)25)31-12-30-18)22(28)23-10-20(26)24-13-4-6-14(29-2)7-5-13/h4-9,11H,3,10,12H2,1-2H3,(H,23,28)(H,24,26). The summed E-state index contributed by atoms with van der Waals surface area (Å²) in [6.07, 6.45) is 1.49. The summed E-state index contributed by atoms with van der Waals surface area (Å²) in [5.41, 5.74) is 0.720. The molecule has 0 fully saturated rings. The fourth-order valence-electron chi connectivity index (χ4n) is 3.34. The molecule has 2 amide bonds. The summed E-state index contributed by atoms with van der Waals surface area (Å²) in [6, 6.07) is 10.1. The molecule has 0 saturated carbocycles. The topological polar surface area (TPSA) is 108 Å². The van der Waals surface area contributed by atoms with Crippen LogP contribution in [0.1, 0.15) is 17.3 Å². The number of hydrogen-bond donors (Lipinski definition) is 2. The van der Waals surface area contributed by atoms with Crippen LogP contribution in [-0.2, 0) is 11.3 Å². The molecule has 0 spiro atoms. The van der Waals surface area contributed by atoms with Gasteiger partial charge in [0, 0.05) is 24.5 Å². The number of anilines is 1. The second-order valence-corrected chi connectivity index (χ2v) is 6.84. The van der Waals surface area contributed by atoms with E-state index < -0.39 is 17.2 Å². The number of pyridine rings is 1. The van der Waals surface area contributed by atoms with Crippen molar-refractivity contribution < 1.29 is 23.8 Å². The second kappa shape index (κ2) is 8.39. The summed E-state index contributed by atoms with van der Waals surface area (Å²) in [5.74, 6) is 0.637. The summed E-state index contributed by atoms with van der Waals surface area (Å²) >= 11 is 0. The molecule has 9 nitrogen and oxygen atoms in total. The lowest BCUT2D eigenvalue weighted by Gasteiger charge is -2.12. The van der Waals surface area contributed by atoms with Gasteiger partial charge in [-0.3, -0.25) is 14.4 Å². The molecular weight excluding hydrogens is 402 g/mol. The van der Waals surface area contributed by atoms with Crippen molar-refractivity contribution in [1.29, 1.82) is 0 Å². The fourth-order valence-corrected chi connectivity index (χ4v) is 3.34. The number of carbonyl (C=O) groups is 2. The van der Waals surface area contributed by atoms with Crippen molar-refractivity contribution in [2.75, 3.05) is 25.8 Å². The molecule has 31 heavy (non-hydrogen) atoms. The van der Waals surface area contributed by atoms with Gasteiger partial charge >= 0.3 is 0 Å². The van der Waals surface area contributed by atoms with Gasteiger partial charge in [0.1, 0.15) is 11.3 Å². The molecule has 3 aromatic rings. The van der Waals surface area contributed by atoms with Crippen molar-refractivity contribution in [1.82, 2.24) is 9.88 Å². The van der Waals surface area contributed by atoms with Gasteiger partial charge in [-0.1, -0.05) is 0 Å². The van der Waals surface area contributed by atoms with Gasteiger partial charge in [-0.15, -0.1) is 0 Å².